The monoisotopic (exact) mass is 452 g/mol. The van der Waals surface area contributed by atoms with E-state index in [1.807, 2.05) is 41.5 Å². The number of carbonyl (C=O) groups excluding carboxylic acids is 1. The van der Waals surface area contributed by atoms with Crippen molar-refractivity contribution in [2.24, 2.45) is 5.41 Å². The molecule has 0 saturated carbocycles. The van der Waals surface area contributed by atoms with Crippen molar-refractivity contribution in [3.63, 3.8) is 0 Å². The summed E-state index contributed by atoms with van der Waals surface area (Å²) in [7, 11) is 0. The second kappa shape index (κ2) is 11.2. The van der Waals surface area contributed by atoms with Crippen molar-refractivity contribution >= 4 is 17.5 Å². The van der Waals surface area contributed by atoms with E-state index < -0.39 is 22.6 Å². The van der Waals surface area contributed by atoms with Gasteiger partial charge in [0.25, 0.3) is 10.9 Å². The van der Waals surface area contributed by atoms with Crippen molar-refractivity contribution in [3.05, 3.63) is 20.4 Å². The number of nitrogens with zero attached hydrogens (tertiary/aromatic N) is 1. The summed E-state index contributed by atoms with van der Waals surface area (Å²) >= 11 is 0. The lowest BCUT2D eigenvalue weighted by molar-refractivity contribution is 0.0524. The molecule has 0 heterocycles. The predicted octanol–water partition coefficient (Wildman–Crippen LogP) is 3.56. The molecule has 1 aromatic rings. The standard InChI is InChI=1S/C24H44N4O4/c1-22(2,3)16-28(15-11-13-26-21(31)32-24(7,8)9)14-10-12-25-17-18(20(30)19(17)29)27-23(4,5)6/h25,27H,10-16H2,1-9H3,(H,26,31). The molecule has 184 valence electrons. The molecule has 8 nitrogen and oxygen atoms in total. The van der Waals surface area contributed by atoms with Crippen LogP contribution in [0.25, 0.3) is 0 Å². The Bertz CT molecular complexity index is 806. The number of ether oxygens (including phenoxy) is 1. The average Bonchev–Trinajstić information content (AvgIpc) is 2.59. The summed E-state index contributed by atoms with van der Waals surface area (Å²) in [6.07, 6.45) is 1.26. The van der Waals surface area contributed by atoms with Crippen LogP contribution in [0, 0.1) is 5.41 Å². The molecule has 0 radical (unpaired) electrons. The van der Waals surface area contributed by atoms with Crippen LogP contribution in [0.1, 0.15) is 75.2 Å². The molecule has 0 bridgehead atoms. The molecule has 0 atom stereocenters. The molecule has 1 aromatic carbocycles. The van der Waals surface area contributed by atoms with Gasteiger partial charge in [-0.25, -0.2) is 4.79 Å². The smallest absolute Gasteiger partial charge is 0.407 e. The molecule has 32 heavy (non-hydrogen) atoms. The second-order valence-corrected chi connectivity index (χ2v) is 11.7. The van der Waals surface area contributed by atoms with Crippen LogP contribution in [0.5, 0.6) is 0 Å². The Morgan fingerprint density at radius 2 is 1.38 bits per heavy atom. The minimum atomic E-state index is -0.501. The van der Waals surface area contributed by atoms with Crippen LogP contribution >= 0.6 is 0 Å². The molecule has 0 spiro atoms. The van der Waals surface area contributed by atoms with E-state index in [1.165, 1.54) is 0 Å². The Morgan fingerprint density at radius 1 is 0.844 bits per heavy atom. The van der Waals surface area contributed by atoms with E-state index in [0.717, 1.165) is 32.5 Å². The third-order valence-corrected chi connectivity index (χ3v) is 4.38. The van der Waals surface area contributed by atoms with E-state index in [9.17, 15) is 14.4 Å². The van der Waals surface area contributed by atoms with Gasteiger partial charge in [-0.05, 0) is 72.9 Å². The fourth-order valence-electron chi connectivity index (χ4n) is 3.32. The van der Waals surface area contributed by atoms with Gasteiger partial charge in [-0.1, -0.05) is 20.8 Å². The van der Waals surface area contributed by atoms with Crippen molar-refractivity contribution in [1.82, 2.24) is 10.2 Å². The fourth-order valence-corrected chi connectivity index (χ4v) is 3.32. The van der Waals surface area contributed by atoms with Crippen molar-refractivity contribution in [2.45, 2.75) is 86.3 Å². The predicted molar refractivity (Wildman–Crippen MR) is 133 cm³/mol. The highest BCUT2D eigenvalue weighted by atomic mass is 16.6. The third kappa shape index (κ3) is 11.0. The van der Waals surface area contributed by atoms with Crippen LogP contribution in [0.3, 0.4) is 0 Å². The first-order chi connectivity index (χ1) is 14.5. The van der Waals surface area contributed by atoms with Crippen LogP contribution in [0.15, 0.2) is 9.59 Å². The quantitative estimate of drug-likeness (QED) is 0.349. The van der Waals surface area contributed by atoms with Gasteiger partial charge >= 0.3 is 6.09 Å². The van der Waals surface area contributed by atoms with E-state index in [0.29, 0.717) is 24.5 Å². The number of hydrogen-bond acceptors (Lipinski definition) is 7. The molecule has 1 rings (SSSR count). The van der Waals surface area contributed by atoms with E-state index in [2.05, 4.69) is 41.6 Å². The zero-order chi connectivity index (χ0) is 24.7. The number of nitrogens with one attached hydrogen (secondary N) is 3. The minimum absolute atomic E-state index is 0.148. The maximum atomic E-state index is 11.9. The van der Waals surface area contributed by atoms with Crippen LogP contribution < -0.4 is 26.8 Å². The minimum Gasteiger partial charge on any atom is -0.444 e. The highest BCUT2D eigenvalue weighted by Crippen LogP contribution is 2.19. The average molecular weight is 453 g/mol. The van der Waals surface area contributed by atoms with Crippen LogP contribution in [0.2, 0.25) is 0 Å². The molecule has 0 unspecified atom stereocenters. The first-order valence-corrected chi connectivity index (χ1v) is 11.5. The third-order valence-electron chi connectivity index (χ3n) is 4.38. The Balaban J connectivity index is 2.49. The van der Waals surface area contributed by atoms with Gasteiger partial charge in [0.05, 0.1) is 0 Å². The van der Waals surface area contributed by atoms with E-state index >= 15 is 0 Å². The van der Waals surface area contributed by atoms with Gasteiger partial charge in [0.2, 0.25) is 0 Å². The Hall–Kier alpha value is -2.09. The lowest BCUT2D eigenvalue weighted by atomic mass is 9.96. The topological polar surface area (TPSA) is 99.8 Å². The van der Waals surface area contributed by atoms with E-state index in [4.69, 9.17) is 4.74 Å². The van der Waals surface area contributed by atoms with Crippen molar-refractivity contribution in [2.75, 3.05) is 43.4 Å². The van der Waals surface area contributed by atoms with Gasteiger partial charge in [0.1, 0.15) is 17.0 Å². The van der Waals surface area contributed by atoms with Gasteiger partial charge in [-0.3, -0.25) is 9.59 Å². The normalized spacial score (nSPS) is 12.8. The van der Waals surface area contributed by atoms with Gasteiger partial charge in [0, 0.05) is 25.2 Å². The maximum absolute atomic E-state index is 11.9. The summed E-state index contributed by atoms with van der Waals surface area (Å²) < 4.78 is 5.27. The molecule has 3 N–H and O–H groups in total. The second-order valence-electron chi connectivity index (χ2n) is 11.7. The highest BCUT2D eigenvalue weighted by molar-refractivity contribution is 5.74. The fraction of sp³-hybridized carbons (Fsp3) is 0.792. The lowest BCUT2D eigenvalue weighted by Gasteiger charge is -2.30. The molecule has 1 amide bonds. The first kappa shape index (κ1) is 27.9. The molecule has 0 aliphatic rings. The molecule has 0 aliphatic carbocycles. The van der Waals surface area contributed by atoms with Crippen molar-refractivity contribution in [3.8, 4) is 0 Å². The number of amides is 1. The number of anilines is 2. The number of rotatable bonds is 11. The summed E-state index contributed by atoms with van der Waals surface area (Å²) in [5.74, 6) is 0. The Labute approximate surface area is 193 Å². The zero-order valence-electron chi connectivity index (χ0n) is 21.5. The number of alkyl carbamates (subject to hydrolysis) is 1. The summed E-state index contributed by atoms with van der Waals surface area (Å²) in [4.78, 5) is 37.9. The highest BCUT2D eigenvalue weighted by Gasteiger charge is 2.24. The summed E-state index contributed by atoms with van der Waals surface area (Å²) in [6.45, 7) is 21.8. The SMILES string of the molecule is CC(C)(C)CN(CCCNC(=O)OC(C)(C)C)CCCNc1c(NC(C)(C)C)c(=O)c1=O. The molecular weight excluding hydrogens is 408 g/mol. The van der Waals surface area contributed by atoms with E-state index in [1.54, 1.807) is 0 Å². The molecule has 0 aromatic heterocycles. The molecule has 0 fully saturated rings. The Morgan fingerprint density at radius 3 is 1.88 bits per heavy atom. The van der Waals surface area contributed by atoms with Crippen LogP contribution in [-0.4, -0.2) is 54.9 Å². The maximum Gasteiger partial charge on any atom is 0.407 e. The van der Waals surface area contributed by atoms with Gasteiger partial charge in [-0.15, -0.1) is 0 Å². The van der Waals surface area contributed by atoms with Crippen LogP contribution in [-0.2, 0) is 4.74 Å². The first-order valence-electron chi connectivity index (χ1n) is 11.5. The largest absolute Gasteiger partial charge is 0.444 e. The van der Waals surface area contributed by atoms with Gasteiger partial charge in [0.15, 0.2) is 0 Å². The van der Waals surface area contributed by atoms with Crippen molar-refractivity contribution in [1.29, 1.82) is 0 Å². The summed E-state index contributed by atoms with van der Waals surface area (Å²) in [6, 6.07) is 0. The summed E-state index contributed by atoms with van der Waals surface area (Å²) in [5, 5.41) is 9.06. The van der Waals surface area contributed by atoms with E-state index in [-0.39, 0.29) is 11.0 Å². The number of hydrogen-bond donors (Lipinski definition) is 3. The molecule has 0 aliphatic heterocycles. The van der Waals surface area contributed by atoms with Gasteiger partial charge < -0.3 is 25.6 Å². The molecule has 0 saturated heterocycles. The molecule has 8 heteroatoms. The number of carbonyl (C=O) groups is 1. The molecular formula is C24H44N4O4. The zero-order valence-corrected chi connectivity index (χ0v) is 21.5. The van der Waals surface area contributed by atoms with Gasteiger partial charge in [-0.2, -0.15) is 0 Å². The van der Waals surface area contributed by atoms with Crippen LogP contribution in [0.4, 0.5) is 16.2 Å². The summed E-state index contributed by atoms with van der Waals surface area (Å²) in [5.41, 5.74) is -0.745. The van der Waals surface area contributed by atoms with Crippen molar-refractivity contribution < 1.29 is 9.53 Å². The Kier molecular flexibility index (Phi) is 9.75. The lowest BCUT2D eigenvalue weighted by Crippen LogP contribution is -2.42.